The van der Waals surface area contributed by atoms with E-state index in [1.807, 2.05) is 13.0 Å². The summed E-state index contributed by atoms with van der Waals surface area (Å²) in [5.41, 5.74) is 7.85. The predicted octanol–water partition coefficient (Wildman–Crippen LogP) is 2.48. The summed E-state index contributed by atoms with van der Waals surface area (Å²) in [4.78, 5) is 0. The van der Waals surface area contributed by atoms with Crippen molar-refractivity contribution in [1.29, 1.82) is 0 Å². The first kappa shape index (κ1) is 11.6. The summed E-state index contributed by atoms with van der Waals surface area (Å²) >= 11 is 6.27. The lowest BCUT2D eigenvalue weighted by Crippen LogP contribution is -2.17. The molecule has 3 nitrogen and oxygen atoms in total. The Labute approximate surface area is 100 Å². The van der Waals surface area contributed by atoms with Crippen LogP contribution in [0.15, 0.2) is 6.07 Å². The average molecular weight is 242 g/mol. The molecule has 4 heteroatoms. The molecule has 1 aromatic carbocycles. The number of halogens is 1. The number of rotatable bonds is 2. The molecule has 1 unspecified atom stereocenters. The van der Waals surface area contributed by atoms with Crippen LogP contribution in [0.1, 0.15) is 24.0 Å². The number of fused-ring (bicyclic) bond motifs is 1. The summed E-state index contributed by atoms with van der Waals surface area (Å²) in [5, 5.41) is 0.646. The van der Waals surface area contributed by atoms with Gasteiger partial charge in [-0.05, 0) is 36.6 Å². The highest BCUT2D eigenvalue weighted by Crippen LogP contribution is 2.42. The number of benzene rings is 1. The first-order chi connectivity index (χ1) is 7.65. The van der Waals surface area contributed by atoms with Crippen LogP contribution < -0.4 is 15.2 Å². The minimum absolute atomic E-state index is 0.272. The van der Waals surface area contributed by atoms with E-state index in [9.17, 15) is 0 Å². The van der Waals surface area contributed by atoms with Gasteiger partial charge in [-0.25, -0.2) is 0 Å². The Kier molecular flexibility index (Phi) is 3.26. The van der Waals surface area contributed by atoms with Crippen molar-refractivity contribution >= 4 is 11.6 Å². The maximum Gasteiger partial charge on any atom is 0.180 e. The average Bonchev–Trinajstić information content (AvgIpc) is 2.33. The zero-order chi connectivity index (χ0) is 11.7. The molecule has 2 N–H and O–H groups in total. The summed E-state index contributed by atoms with van der Waals surface area (Å²) in [7, 11) is 0. The molecule has 0 radical (unpaired) electrons. The van der Waals surface area contributed by atoms with Crippen LogP contribution in [0.4, 0.5) is 0 Å². The second-order valence-corrected chi connectivity index (χ2v) is 4.44. The maximum absolute atomic E-state index is 6.27. The normalized spacial score (nSPS) is 16.0. The third-order valence-electron chi connectivity index (χ3n) is 2.94. The highest BCUT2D eigenvalue weighted by Gasteiger charge is 2.21. The number of hydrogen-bond acceptors (Lipinski definition) is 3. The summed E-state index contributed by atoms with van der Waals surface area (Å²) in [6.07, 6.45) is 0. The molecule has 16 heavy (non-hydrogen) atoms. The number of nitrogens with two attached hydrogens (primary N) is 1. The molecule has 0 bridgehead atoms. The highest BCUT2D eigenvalue weighted by molar-refractivity contribution is 6.33. The van der Waals surface area contributed by atoms with E-state index in [1.54, 1.807) is 0 Å². The Balaban J connectivity index is 2.52. The second-order valence-electron chi connectivity index (χ2n) is 4.07. The van der Waals surface area contributed by atoms with Crippen molar-refractivity contribution in [2.45, 2.75) is 19.8 Å². The van der Waals surface area contributed by atoms with E-state index in [0.29, 0.717) is 30.5 Å². The van der Waals surface area contributed by atoms with Crippen molar-refractivity contribution in [2.75, 3.05) is 19.8 Å². The largest absolute Gasteiger partial charge is 0.486 e. The third-order valence-corrected chi connectivity index (χ3v) is 3.40. The van der Waals surface area contributed by atoms with Crippen LogP contribution >= 0.6 is 11.6 Å². The Morgan fingerprint density at radius 2 is 2.12 bits per heavy atom. The zero-order valence-corrected chi connectivity index (χ0v) is 10.3. The molecule has 0 aliphatic carbocycles. The molecule has 0 aromatic heterocycles. The summed E-state index contributed by atoms with van der Waals surface area (Å²) < 4.78 is 11.1. The van der Waals surface area contributed by atoms with Gasteiger partial charge in [0.25, 0.3) is 0 Å². The first-order valence-electron chi connectivity index (χ1n) is 5.43. The number of hydrogen-bond donors (Lipinski definition) is 1. The van der Waals surface area contributed by atoms with Crippen molar-refractivity contribution in [3.05, 3.63) is 22.2 Å². The van der Waals surface area contributed by atoms with Crippen LogP contribution in [0.25, 0.3) is 0 Å². The molecule has 2 rings (SSSR count). The monoisotopic (exact) mass is 241 g/mol. The molecule has 1 atom stereocenters. The molecule has 1 aliphatic heterocycles. The number of ether oxygens (including phenoxy) is 2. The van der Waals surface area contributed by atoms with E-state index >= 15 is 0 Å². The molecule has 1 aliphatic rings. The van der Waals surface area contributed by atoms with Gasteiger partial charge < -0.3 is 15.2 Å². The van der Waals surface area contributed by atoms with Gasteiger partial charge in [-0.2, -0.15) is 0 Å². The van der Waals surface area contributed by atoms with Gasteiger partial charge in [0.05, 0.1) is 5.02 Å². The van der Waals surface area contributed by atoms with E-state index in [2.05, 4.69) is 6.92 Å². The van der Waals surface area contributed by atoms with Crippen LogP contribution in [-0.2, 0) is 0 Å². The molecule has 1 heterocycles. The molecule has 0 fully saturated rings. The topological polar surface area (TPSA) is 44.5 Å². The van der Waals surface area contributed by atoms with E-state index in [0.717, 1.165) is 16.9 Å². The molecule has 0 saturated carbocycles. The zero-order valence-electron chi connectivity index (χ0n) is 9.55. The van der Waals surface area contributed by atoms with Crippen molar-refractivity contribution in [2.24, 2.45) is 5.73 Å². The second kappa shape index (κ2) is 4.52. The van der Waals surface area contributed by atoms with E-state index < -0.39 is 0 Å². The summed E-state index contributed by atoms with van der Waals surface area (Å²) in [6.45, 7) is 5.79. The van der Waals surface area contributed by atoms with Crippen LogP contribution in [-0.4, -0.2) is 19.8 Å². The highest BCUT2D eigenvalue weighted by atomic mass is 35.5. The van der Waals surface area contributed by atoms with Gasteiger partial charge in [-0.15, -0.1) is 0 Å². The van der Waals surface area contributed by atoms with Crippen molar-refractivity contribution in [1.82, 2.24) is 0 Å². The maximum atomic E-state index is 6.27. The van der Waals surface area contributed by atoms with Crippen LogP contribution in [0, 0.1) is 6.92 Å². The van der Waals surface area contributed by atoms with Crippen molar-refractivity contribution in [3.63, 3.8) is 0 Å². The quantitative estimate of drug-likeness (QED) is 0.865. The minimum Gasteiger partial charge on any atom is -0.486 e. The molecule has 1 aromatic rings. The summed E-state index contributed by atoms with van der Waals surface area (Å²) in [6, 6.07) is 1.99. The summed E-state index contributed by atoms with van der Waals surface area (Å²) in [5.74, 6) is 1.67. The molecular formula is C12H16ClNO2. The Hall–Kier alpha value is -0.930. The van der Waals surface area contributed by atoms with Gasteiger partial charge in [-0.1, -0.05) is 18.5 Å². The SMILES string of the molecule is Cc1c(C(C)CN)cc2c(c1Cl)OCCO2. The van der Waals surface area contributed by atoms with Gasteiger partial charge in [0.2, 0.25) is 0 Å². The molecule has 0 saturated heterocycles. The third kappa shape index (κ3) is 1.85. The predicted molar refractivity (Wildman–Crippen MR) is 64.6 cm³/mol. The fourth-order valence-corrected chi connectivity index (χ4v) is 2.15. The first-order valence-corrected chi connectivity index (χ1v) is 5.81. The lowest BCUT2D eigenvalue weighted by Gasteiger charge is -2.23. The van der Waals surface area contributed by atoms with Crippen LogP contribution in [0.2, 0.25) is 5.02 Å². The van der Waals surface area contributed by atoms with Crippen LogP contribution in [0.3, 0.4) is 0 Å². The van der Waals surface area contributed by atoms with E-state index in [1.165, 1.54) is 0 Å². The lowest BCUT2D eigenvalue weighted by molar-refractivity contribution is 0.171. The van der Waals surface area contributed by atoms with Gasteiger partial charge in [0, 0.05) is 0 Å². The van der Waals surface area contributed by atoms with Gasteiger partial charge in [0.15, 0.2) is 11.5 Å². The smallest absolute Gasteiger partial charge is 0.180 e. The van der Waals surface area contributed by atoms with Crippen LogP contribution in [0.5, 0.6) is 11.5 Å². The standard InChI is InChI=1S/C12H16ClNO2/c1-7(6-14)9-5-10-12(11(13)8(9)2)16-4-3-15-10/h5,7H,3-4,6,14H2,1-2H3. The lowest BCUT2D eigenvalue weighted by atomic mass is 9.95. The molecular weight excluding hydrogens is 226 g/mol. The van der Waals surface area contributed by atoms with Crippen molar-refractivity contribution < 1.29 is 9.47 Å². The molecule has 88 valence electrons. The Morgan fingerprint density at radius 1 is 1.44 bits per heavy atom. The van der Waals surface area contributed by atoms with Crippen molar-refractivity contribution in [3.8, 4) is 11.5 Å². The Bertz CT molecular complexity index is 406. The fourth-order valence-electron chi connectivity index (χ4n) is 1.90. The van der Waals surface area contributed by atoms with E-state index in [4.69, 9.17) is 26.8 Å². The Morgan fingerprint density at radius 3 is 2.81 bits per heavy atom. The van der Waals surface area contributed by atoms with E-state index in [-0.39, 0.29) is 5.92 Å². The van der Waals surface area contributed by atoms with Gasteiger partial charge in [-0.3, -0.25) is 0 Å². The molecule has 0 spiro atoms. The van der Waals surface area contributed by atoms with Gasteiger partial charge in [0.1, 0.15) is 13.2 Å². The van der Waals surface area contributed by atoms with Gasteiger partial charge >= 0.3 is 0 Å². The minimum atomic E-state index is 0.272. The fraction of sp³-hybridized carbons (Fsp3) is 0.500. The molecule has 0 amide bonds.